The Morgan fingerprint density at radius 1 is 1.42 bits per heavy atom. The second-order valence-corrected chi connectivity index (χ2v) is 4.85. The molecule has 0 amide bonds. The van der Waals surface area contributed by atoms with E-state index < -0.39 is 0 Å². The molecule has 0 atom stereocenters. The summed E-state index contributed by atoms with van der Waals surface area (Å²) in [7, 11) is 0. The standard InChI is InChI=1S/C13H18N6/c1-2-3-11-15-6-7-19(11)12-8-10(18-14)16-13(17-12)9-4-5-9/h6-9H,2-5,14H2,1H3,(H,16,17,18). The van der Waals surface area contributed by atoms with Crippen LogP contribution in [-0.2, 0) is 6.42 Å². The Labute approximate surface area is 112 Å². The van der Waals surface area contributed by atoms with Gasteiger partial charge in [-0.1, -0.05) is 6.92 Å². The summed E-state index contributed by atoms with van der Waals surface area (Å²) in [5.41, 5.74) is 2.62. The van der Waals surface area contributed by atoms with E-state index >= 15 is 0 Å². The molecule has 6 nitrogen and oxygen atoms in total. The fraction of sp³-hybridized carbons (Fsp3) is 0.462. The Kier molecular flexibility index (Phi) is 3.16. The van der Waals surface area contributed by atoms with Crippen molar-refractivity contribution < 1.29 is 0 Å². The molecule has 19 heavy (non-hydrogen) atoms. The van der Waals surface area contributed by atoms with Gasteiger partial charge in [-0.2, -0.15) is 0 Å². The lowest BCUT2D eigenvalue weighted by Crippen LogP contribution is -2.12. The van der Waals surface area contributed by atoms with Crippen LogP contribution in [0.4, 0.5) is 5.82 Å². The third-order valence-electron chi connectivity index (χ3n) is 3.26. The van der Waals surface area contributed by atoms with E-state index in [1.807, 2.05) is 16.8 Å². The molecule has 3 N–H and O–H groups in total. The second kappa shape index (κ2) is 4.97. The number of hydrogen-bond acceptors (Lipinski definition) is 5. The van der Waals surface area contributed by atoms with E-state index in [9.17, 15) is 0 Å². The number of nitrogen functional groups attached to an aromatic ring is 1. The van der Waals surface area contributed by atoms with Gasteiger partial charge in [0.2, 0.25) is 0 Å². The monoisotopic (exact) mass is 258 g/mol. The first-order valence-corrected chi connectivity index (χ1v) is 6.70. The number of aromatic nitrogens is 4. The summed E-state index contributed by atoms with van der Waals surface area (Å²) in [5, 5.41) is 0. The largest absolute Gasteiger partial charge is 0.308 e. The van der Waals surface area contributed by atoms with Gasteiger partial charge in [0.1, 0.15) is 23.3 Å². The van der Waals surface area contributed by atoms with E-state index in [0.29, 0.717) is 11.7 Å². The minimum atomic E-state index is 0.491. The predicted molar refractivity (Wildman–Crippen MR) is 72.9 cm³/mol. The molecule has 6 heteroatoms. The smallest absolute Gasteiger partial charge is 0.145 e. The maximum Gasteiger partial charge on any atom is 0.145 e. The second-order valence-electron chi connectivity index (χ2n) is 4.85. The van der Waals surface area contributed by atoms with Crippen LogP contribution in [0.5, 0.6) is 0 Å². The van der Waals surface area contributed by atoms with Crippen LogP contribution in [-0.4, -0.2) is 19.5 Å². The highest BCUT2D eigenvalue weighted by Gasteiger charge is 2.27. The van der Waals surface area contributed by atoms with E-state index in [-0.39, 0.29) is 0 Å². The van der Waals surface area contributed by atoms with Gasteiger partial charge in [0, 0.05) is 30.8 Å². The van der Waals surface area contributed by atoms with Crippen molar-refractivity contribution >= 4 is 5.82 Å². The van der Waals surface area contributed by atoms with Gasteiger partial charge >= 0.3 is 0 Å². The van der Waals surface area contributed by atoms with Gasteiger partial charge < -0.3 is 5.43 Å². The van der Waals surface area contributed by atoms with E-state index in [4.69, 9.17) is 5.84 Å². The molecular formula is C13H18N6. The highest BCUT2D eigenvalue weighted by Crippen LogP contribution is 2.38. The Morgan fingerprint density at radius 3 is 2.95 bits per heavy atom. The molecule has 0 radical (unpaired) electrons. The Balaban J connectivity index is 2.02. The molecule has 1 saturated carbocycles. The molecule has 1 aliphatic rings. The lowest BCUT2D eigenvalue weighted by atomic mass is 10.3. The molecule has 0 aliphatic heterocycles. The van der Waals surface area contributed by atoms with E-state index in [1.165, 1.54) is 12.8 Å². The van der Waals surface area contributed by atoms with Gasteiger partial charge in [-0.3, -0.25) is 4.57 Å². The van der Waals surface area contributed by atoms with Gasteiger partial charge in [0.15, 0.2) is 0 Å². The van der Waals surface area contributed by atoms with Crippen molar-refractivity contribution in [2.24, 2.45) is 5.84 Å². The molecule has 0 saturated heterocycles. The van der Waals surface area contributed by atoms with E-state index in [1.54, 1.807) is 6.20 Å². The summed E-state index contributed by atoms with van der Waals surface area (Å²) >= 11 is 0. The van der Waals surface area contributed by atoms with Crippen molar-refractivity contribution in [3.63, 3.8) is 0 Å². The summed E-state index contributed by atoms with van der Waals surface area (Å²) in [5.74, 6) is 9.37. The number of anilines is 1. The van der Waals surface area contributed by atoms with Crippen molar-refractivity contribution in [3.8, 4) is 5.82 Å². The first-order valence-electron chi connectivity index (χ1n) is 6.70. The van der Waals surface area contributed by atoms with Gasteiger partial charge in [-0.25, -0.2) is 20.8 Å². The first kappa shape index (κ1) is 12.1. The van der Waals surface area contributed by atoms with Crippen molar-refractivity contribution in [2.45, 2.75) is 38.5 Å². The summed E-state index contributed by atoms with van der Waals surface area (Å²) in [6.45, 7) is 2.14. The third-order valence-corrected chi connectivity index (χ3v) is 3.26. The predicted octanol–water partition coefficient (Wildman–Crippen LogP) is 1.78. The van der Waals surface area contributed by atoms with Crippen molar-refractivity contribution in [1.82, 2.24) is 19.5 Å². The summed E-state index contributed by atoms with van der Waals surface area (Å²) in [6.07, 6.45) is 8.06. The zero-order chi connectivity index (χ0) is 13.2. The Hall–Kier alpha value is -1.95. The fourth-order valence-electron chi connectivity index (χ4n) is 2.13. The van der Waals surface area contributed by atoms with Crippen molar-refractivity contribution in [1.29, 1.82) is 0 Å². The molecule has 2 heterocycles. The van der Waals surface area contributed by atoms with Crippen LogP contribution in [0, 0.1) is 0 Å². The lowest BCUT2D eigenvalue weighted by Gasteiger charge is -2.10. The van der Waals surface area contributed by atoms with Crippen molar-refractivity contribution in [2.75, 3.05) is 5.43 Å². The van der Waals surface area contributed by atoms with Gasteiger partial charge in [-0.05, 0) is 19.3 Å². The average molecular weight is 258 g/mol. The Bertz CT molecular complexity index is 572. The zero-order valence-corrected chi connectivity index (χ0v) is 11.0. The first-order chi connectivity index (χ1) is 9.31. The maximum absolute atomic E-state index is 5.49. The van der Waals surface area contributed by atoms with Crippen LogP contribution in [0.15, 0.2) is 18.5 Å². The highest BCUT2D eigenvalue weighted by atomic mass is 15.3. The number of imidazole rings is 1. The van der Waals surface area contributed by atoms with E-state index in [0.717, 1.165) is 30.3 Å². The molecule has 0 aromatic carbocycles. The molecule has 1 fully saturated rings. The third kappa shape index (κ3) is 2.44. The molecular weight excluding hydrogens is 240 g/mol. The number of rotatable bonds is 5. The van der Waals surface area contributed by atoms with Crippen LogP contribution in [0.1, 0.15) is 43.8 Å². The molecule has 1 aliphatic carbocycles. The molecule has 3 rings (SSSR count). The number of hydrazine groups is 1. The SMILES string of the molecule is CCCc1nccn1-c1cc(NN)nc(C2CC2)n1. The van der Waals surface area contributed by atoms with Crippen LogP contribution < -0.4 is 11.3 Å². The molecule has 0 bridgehead atoms. The van der Waals surface area contributed by atoms with Gasteiger partial charge in [0.05, 0.1) is 0 Å². The minimum Gasteiger partial charge on any atom is -0.308 e. The molecule has 2 aromatic heterocycles. The number of nitrogens with one attached hydrogen (secondary N) is 1. The van der Waals surface area contributed by atoms with Crippen LogP contribution in [0.2, 0.25) is 0 Å². The maximum atomic E-state index is 5.49. The number of hydrogen-bond donors (Lipinski definition) is 2. The van der Waals surface area contributed by atoms with Crippen LogP contribution in [0.3, 0.4) is 0 Å². The van der Waals surface area contributed by atoms with Gasteiger partial charge in [-0.15, -0.1) is 0 Å². The number of aryl methyl sites for hydroxylation is 1. The Morgan fingerprint density at radius 2 is 2.26 bits per heavy atom. The highest BCUT2D eigenvalue weighted by molar-refractivity contribution is 5.42. The molecule has 0 spiro atoms. The normalized spacial score (nSPS) is 14.6. The fourth-order valence-corrected chi connectivity index (χ4v) is 2.13. The molecule has 100 valence electrons. The summed E-state index contributed by atoms with van der Waals surface area (Å²) < 4.78 is 2.01. The summed E-state index contributed by atoms with van der Waals surface area (Å²) in [4.78, 5) is 13.4. The number of nitrogens with two attached hydrogens (primary N) is 1. The van der Waals surface area contributed by atoms with Crippen LogP contribution >= 0.6 is 0 Å². The zero-order valence-electron chi connectivity index (χ0n) is 11.0. The molecule has 2 aromatic rings. The quantitative estimate of drug-likeness (QED) is 0.631. The summed E-state index contributed by atoms with van der Waals surface area (Å²) in [6, 6.07) is 1.85. The van der Waals surface area contributed by atoms with Crippen LogP contribution in [0.25, 0.3) is 5.82 Å². The average Bonchev–Trinajstić information content (AvgIpc) is 3.19. The van der Waals surface area contributed by atoms with Gasteiger partial charge in [0.25, 0.3) is 0 Å². The number of nitrogens with zero attached hydrogens (tertiary/aromatic N) is 4. The molecule has 0 unspecified atom stereocenters. The topological polar surface area (TPSA) is 81.7 Å². The minimum absolute atomic E-state index is 0.491. The van der Waals surface area contributed by atoms with E-state index in [2.05, 4.69) is 27.3 Å². The van der Waals surface area contributed by atoms with Crippen molar-refractivity contribution in [3.05, 3.63) is 30.1 Å². The lowest BCUT2D eigenvalue weighted by molar-refractivity contribution is 0.786.